The molecule has 10 heteroatoms. The molecule has 2 heterocycles. The maximum atomic E-state index is 12.3. The van der Waals surface area contributed by atoms with Gasteiger partial charge in [-0.3, -0.25) is 19.3 Å². The number of ether oxygens (including phenoxy) is 2. The highest BCUT2D eigenvalue weighted by atomic mass is 16.7. The third-order valence-corrected chi connectivity index (χ3v) is 5.85. The molecule has 0 spiro atoms. The average molecular weight is 450 g/mol. The van der Waals surface area contributed by atoms with E-state index in [9.17, 15) is 29.7 Å². The zero-order chi connectivity index (χ0) is 23.3. The number of unbranched alkanes of at least 4 members (excludes halogenated alkanes) is 3. The topological polar surface area (TPSA) is 146 Å². The van der Waals surface area contributed by atoms with Crippen LogP contribution in [0.5, 0.6) is 0 Å². The van der Waals surface area contributed by atoms with E-state index in [-0.39, 0.29) is 24.1 Å². The highest BCUT2D eigenvalue weighted by Crippen LogP contribution is 2.23. The first-order valence-corrected chi connectivity index (χ1v) is 10.8. The number of fused-ring (bicyclic) bond motifs is 1. The fourth-order valence-corrected chi connectivity index (χ4v) is 4.05. The number of rotatable bonds is 10. The SMILES string of the molecule is COC1OC(CO)C(O)C(O)C1NC(=O)CCCCCCN1C(=O)c2ccccc2C1=O. The maximum absolute atomic E-state index is 12.3. The molecule has 3 amide bonds. The molecule has 0 aliphatic carbocycles. The first-order valence-electron chi connectivity index (χ1n) is 10.8. The Morgan fingerprint density at radius 3 is 2.28 bits per heavy atom. The molecule has 1 fully saturated rings. The van der Waals surface area contributed by atoms with Crippen LogP contribution in [0.3, 0.4) is 0 Å². The van der Waals surface area contributed by atoms with Crippen LogP contribution >= 0.6 is 0 Å². The second-order valence-corrected chi connectivity index (χ2v) is 8.01. The number of methoxy groups -OCH3 is 1. The normalized spacial score (nSPS) is 27.5. The number of imide groups is 1. The number of nitrogens with zero attached hydrogens (tertiary/aromatic N) is 1. The Kier molecular flexibility index (Phi) is 8.32. The van der Waals surface area contributed by atoms with Gasteiger partial charge in [-0.2, -0.15) is 0 Å². The van der Waals surface area contributed by atoms with Crippen LogP contribution < -0.4 is 5.32 Å². The zero-order valence-corrected chi connectivity index (χ0v) is 18.0. The molecule has 2 aliphatic heterocycles. The van der Waals surface area contributed by atoms with E-state index in [1.807, 2.05) is 0 Å². The molecule has 176 valence electrons. The lowest BCUT2D eigenvalue weighted by Gasteiger charge is -2.41. The van der Waals surface area contributed by atoms with Gasteiger partial charge in [-0.15, -0.1) is 0 Å². The largest absolute Gasteiger partial charge is 0.394 e. The number of carbonyl (C=O) groups excluding carboxylic acids is 3. The van der Waals surface area contributed by atoms with Gasteiger partial charge in [0.25, 0.3) is 11.8 Å². The summed E-state index contributed by atoms with van der Waals surface area (Å²) in [5.41, 5.74) is 0.876. The van der Waals surface area contributed by atoms with Crippen LogP contribution in [0, 0.1) is 0 Å². The number of hydrogen-bond donors (Lipinski definition) is 4. The standard InChI is InChI=1S/C22H30N2O8/c1-31-22-17(19(28)18(27)15(12-25)32-22)23-16(26)10-4-2-3-7-11-24-20(29)13-8-5-6-9-14(13)21(24)30/h5-6,8-9,15,17-19,22,25,27-28H,2-4,7,10-12H2,1H3,(H,23,26). The fraction of sp³-hybridized carbons (Fsp3) is 0.591. The molecule has 0 radical (unpaired) electrons. The summed E-state index contributed by atoms with van der Waals surface area (Å²) in [4.78, 5) is 38.2. The molecule has 0 bridgehead atoms. The van der Waals surface area contributed by atoms with Crippen LogP contribution in [-0.4, -0.2) is 88.8 Å². The van der Waals surface area contributed by atoms with Gasteiger partial charge < -0.3 is 30.1 Å². The van der Waals surface area contributed by atoms with Gasteiger partial charge in [0.05, 0.1) is 17.7 Å². The number of hydrogen-bond acceptors (Lipinski definition) is 8. The van der Waals surface area contributed by atoms with Gasteiger partial charge in [-0.1, -0.05) is 25.0 Å². The Morgan fingerprint density at radius 1 is 1.06 bits per heavy atom. The molecule has 5 atom stereocenters. The molecule has 1 aromatic rings. The summed E-state index contributed by atoms with van der Waals surface area (Å²) in [5.74, 6) is -0.859. The van der Waals surface area contributed by atoms with Gasteiger partial charge in [0.1, 0.15) is 24.4 Å². The predicted molar refractivity (Wildman–Crippen MR) is 112 cm³/mol. The molecule has 1 saturated heterocycles. The Morgan fingerprint density at radius 2 is 1.69 bits per heavy atom. The summed E-state index contributed by atoms with van der Waals surface area (Å²) in [6, 6.07) is 5.81. The summed E-state index contributed by atoms with van der Waals surface area (Å²) >= 11 is 0. The van der Waals surface area contributed by atoms with E-state index in [0.29, 0.717) is 30.5 Å². The third-order valence-electron chi connectivity index (χ3n) is 5.85. The lowest BCUT2D eigenvalue weighted by atomic mass is 9.96. The van der Waals surface area contributed by atoms with E-state index in [1.165, 1.54) is 12.0 Å². The minimum Gasteiger partial charge on any atom is -0.394 e. The van der Waals surface area contributed by atoms with E-state index in [4.69, 9.17) is 9.47 Å². The van der Waals surface area contributed by atoms with E-state index >= 15 is 0 Å². The molecular formula is C22H30N2O8. The summed E-state index contributed by atoms with van der Waals surface area (Å²) in [5, 5.41) is 32.1. The maximum Gasteiger partial charge on any atom is 0.261 e. The van der Waals surface area contributed by atoms with Crippen LogP contribution in [0.2, 0.25) is 0 Å². The highest BCUT2D eigenvalue weighted by molar-refractivity contribution is 6.21. The van der Waals surface area contributed by atoms with Gasteiger partial charge in [0, 0.05) is 20.1 Å². The fourth-order valence-electron chi connectivity index (χ4n) is 4.05. The molecule has 2 aliphatic rings. The summed E-state index contributed by atoms with van der Waals surface area (Å²) in [6.45, 7) is -0.150. The van der Waals surface area contributed by atoms with Crippen molar-refractivity contribution in [3.63, 3.8) is 0 Å². The Labute approximate surface area is 186 Å². The lowest BCUT2D eigenvalue weighted by molar-refractivity contribution is -0.262. The second-order valence-electron chi connectivity index (χ2n) is 8.01. The lowest BCUT2D eigenvalue weighted by Crippen LogP contribution is -2.64. The van der Waals surface area contributed by atoms with Crippen LogP contribution in [-0.2, 0) is 14.3 Å². The number of aliphatic hydroxyl groups excluding tert-OH is 3. The first kappa shape index (κ1) is 24.3. The Hall–Kier alpha value is -2.37. The molecule has 5 unspecified atom stereocenters. The van der Waals surface area contributed by atoms with Crippen molar-refractivity contribution < 1.29 is 39.2 Å². The molecule has 4 N–H and O–H groups in total. The minimum atomic E-state index is -1.35. The third kappa shape index (κ3) is 5.16. The molecule has 0 saturated carbocycles. The van der Waals surface area contributed by atoms with Crippen molar-refractivity contribution in [2.24, 2.45) is 0 Å². The van der Waals surface area contributed by atoms with Gasteiger partial charge in [0.15, 0.2) is 6.29 Å². The average Bonchev–Trinajstić information content (AvgIpc) is 3.04. The molecule has 10 nitrogen and oxygen atoms in total. The van der Waals surface area contributed by atoms with E-state index in [1.54, 1.807) is 24.3 Å². The molecule has 3 rings (SSSR count). The van der Waals surface area contributed by atoms with Crippen molar-refractivity contribution in [2.45, 2.75) is 62.7 Å². The summed E-state index contributed by atoms with van der Waals surface area (Å²) in [7, 11) is 1.34. The summed E-state index contributed by atoms with van der Waals surface area (Å²) in [6.07, 6.45) is -1.78. The zero-order valence-electron chi connectivity index (χ0n) is 18.0. The van der Waals surface area contributed by atoms with Crippen molar-refractivity contribution >= 4 is 17.7 Å². The molecular weight excluding hydrogens is 420 g/mol. The Bertz CT molecular complexity index is 795. The van der Waals surface area contributed by atoms with Crippen molar-refractivity contribution in [1.82, 2.24) is 10.2 Å². The van der Waals surface area contributed by atoms with Crippen molar-refractivity contribution in [2.75, 3.05) is 20.3 Å². The number of nitrogens with one attached hydrogen (secondary N) is 1. The number of amides is 3. The van der Waals surface area contributed by atoms with E-state index in [2.05, 4.69) is 5.32 Å². The Balaban J connectivity index is 1.36. The van der Waals surface area contributed by atoms with E-state index in [0.717, 1.165) is 12.8 Å². The quantitative estimate of drug-likeness (QED) is 0.283. The second kappa shape index (κ2) is 11.0. The van der Waals surface area contributed by atoms with Crippen molar-refractivity contribution in [1.29, 1.82) is 0 Å². The monoisotopic (exact) mass is 450 g/mol. The number of carbonyl (C=O) groups is 3. The number of benzene rings is 1. The predicted octanol–water partition coefficient (Wildman–Crippen LogP) is -0.197. The smallest absolute Gasteiger partial charge is 0.261 e. The highest BCUT2D eigenvalue weighted by Gasteiger charge is 2.45. The molecule has 32 heavy (non-hydrogen) atoms. The van der Waals surface area contributed by atoms with Gasteiger partial charge in [-0.25, -0.2) is 0 Å². The van der Waals surface area contributed by atoms with Crippen LogP contribution in [0.1, 0.15) is 52.8 Å². The van der Waals surface area contributed by atoms with Crippen LogP contribution in [0.4, 0.5) is 0 Å². The van der Waals surface area contributed by atoms with E-state index < -0.39 is 37.3 Å². The van der Waals surface area contributed by atoms with Gasteiger partial charge in [0.2, 0.25) is 5.91 Å². The van der Waals surface area contributed by atoms with Crippen molar-refractivity contribution in [3.8, 4) is 0 Å². The van der Waals surface area contributed by atoms with Gasteiger partial charge >= 0.3 is 0 Å². The number of aliphatic hydroxyl groups is 3. The first-order chi connectivity index (χ1) is 15.4. The minimum absolute atomic E-state index is 0.201. The summed E-state index contributed by atoms with van der Waals surface area (Å²) < 4.78 is 10.5. The van der Waals surface area contributed by atoms with Crippen molar-refractivity contribution in [3.05, 3.63) is 35.4 Å². The van der Waals surface area contributed by atoms with Crippen LogP contribution in [0.25, 0.3) is 0 Å². The van der Waals surface area contributed by atoms with Crippen LogP contribution in [0.15, 0.2) is 24.3 Å². The molecule has 1 aromatic carbocycles. The van der Waals surface area contributed by atoms with Gasteiger partial charge in [-0.05, 0) is 25.0 Å². The molecule has 0 aromatic heterocycles.